The Morgan fingerprint density at radius 3 is 3.11 bits per heavy atom. The number of benzene rings is 1. The summed E-state index contributed by atoms with van der Waals surface area (Å²) >= 11 is 1.49. The van der Waals surface area contributed by atoms with Gasteiger partial charge in [0, 0.05) is 24.2 Å². The second kappa shape index (κ2) is 4.40. The third kappa shape index (κ3) is 1.85. The van der Waals surface area contributed by atoms with Crippen molar-refractivity contribution >= 4 is 16.3 Å². The third-order valence-corrected chi connectivity index (χ3v) is 3.28. The van der Waals surface area contributed by atoms with Crippen LogP contribution >= 0.6 is 11.3 Å². The summed E-state index contributed by atoms with van der Waals surface area (Å²) in [6.07, 6.45) is 1.88. The molecule has 18 heavy (non-hydrogen) atoms. The van der Waals surface area contributed by atoms with Gasteiger partial charge >= 0.3 is 0 Å². The van der Waals surface area contributed by atoms with Gasteiger partial charge in [-0.2, -0.15) is 4.98 Å². The fraction of sp³-hybridized carbons (Fsp3) is 0.0833. The lowest BCUT2D eigenvalue weighted by atomic mass is 10.3. The zero-order chi connectivity index (χ0) is 12.5. The second-order valence-corrected chi connectivity index (χ2v) is 4.56. The Morgan fingerprint density at radius 2 is 2.33 bits per heavy atom. The average Bonchev–Trinajstić information content (AvgIpc) is 2.89. The number of nitrogens with zero attached hydrogens (tertiary/aromatic N) is 2. The molecular weight excluding hydrogens is 253 g/mol. The number of nitrogens with two attached hydrogens (primary N) is 1. The molecule has 92 valence electrons. The van der Waals surface area contributed by atoms with Crippen molar-refractivity contribution in [3.05, 3.63) is 47.4 Å². The van der Waals surface area contributed by atoms with E-state index in [1.54, 1.807) is 12.1 Å². The molecule has 0 saturated heterocycles. The minimum atomic E-state index is -0.345. The maximum Gasteiger partial charge on any atom is 0.243 e. The van der Waals surface area contributed by atoms with Crippen molar-refractivity contribution in [1.29, 1.82) is 0 Å². The Hall–Kier alpha value is -1.92. The number of rotatable bonds is 3. The van der Waals surface area contributed by atoms with Crippen LogP contribution in [0, 0.1) is 5.82 Å². The summed E-state index contributed by atoms with van der Waals surface area (Å²) in [6, 6.07) is 5.94. The summed E-state index contributed by atoms with van der Waals surface area (Å²) in [5, 5.41) is 1.92. The SMILES string of the molecule is NCc1c(Oc2cccc(F)c2)nc2sccn12. The van der Waals surface area contributed by atoms with E-state index < -0.39 is 0 Å². The predicted molar refractivity (Wildman–Crippen MR) is 67.4 cm³/mol. The first-order chi connectivity index (χ1) is 8.78. The van der Waals surface area contributed by atoms with Crippen LogP contribution in [0.5, 0.6) is 11.6 Å². The van der Waals surface area contributed by atoms with Gasteiger partial charge in [0.1, 0.15) is 17.3 Å². The normalized spacial score (nSPS) is 11.0. The zero-order valence-electron chi connectivity index (χ0n) is 9.34. The van der Waals surface area contributed by atoms with E-state index in [2.05, 4.69) is 4.98 Å². The van der Waals surface area contributed by atoms with Crippen LogP contribution < -0.4 is 10.5 Å². The zero-order valence-corrected chi connectivity index (χ0v) is 10.2. The molecule has 3 rings (SSSR count). The van der Waals surface area contributed by atoms with Gasteiger partial charge < -0.3 is 10.5 Å². The van der Waals surface area contributed by atoms with Gasteiger partial charge in [-0.05, 0) is 12.1 Å². The highest BCUT2D eigenvalue weighted by Crippen LogP contribution is 2.27. The molecule has 0 spiro atoms. The molecule has 0 aliphatic rings. The Bertz CT molecular complexity index is 692. The number of thiazole rings is 1. The first kappa shape index (κ1) is 11.2. The molecule has 0 aliphatic carbocycles. The second-order valence-electron chi connectivity index (χ2n) is 3.68. The van der Waals surface area contributed by atoms with Gasteiger partial charge in [0.2, 0.25) is 5.88 Å². The molecular formula is C12H10FN3OS. The van der Waals surface area contributed by atoms with Crippen LogP contribution in [-0.2, 0) is 6.54 Å². The first-order valence-electron chi connectivity index (χ1n) is 5.36. The van der Waals surface area contributed by atoms with Gasteiger partial charge in [0.05, 0.1) is 0 Å². The lowest BCUT2D eigenvalue weighted by Gasteiger charge is -2.04. The van der Waals surface area contributed by atoms with Crippen molar-refractivity contribution in [2.24, 2.45) is 5.73 Å². The summed E-state index contributed by atoms with van der Waals surface area (Å²) in [4.78, 5) is 5.13. The van der Waals surface area contributed by atoms with Crippen molar-refractivity contribution in [3.63, 3.8) is 0 Å². The standard InChI is InChI=1S/C12H10FN3OS/c13-8-2-1-3-9(6-8)17-11-10(7-14)16-4-5-18-12(16)15-11/h1-6H,7,14H2. The molecule has 1 aromatic carbocycles. The Morgan fingerprint density at radius 1 is 1.44 bits per heavy atom. The maximum absolute atomic E-state index is 13.1. The Balaban J connectivity index is 2.01. The molecule has 6 heteroatoms. The molecule has 0 fully saturated rings. The van der Waals surface area contributed by atoms with Crippen molar-refractivity contribution in [2.45, 2.75) is 6.54 Å². The average molecular weight is 263 g/mol. The molecule has 0 unspecified atom stereocenters. The molecule has 2 aromatic heterocycles. The summed E-state index contributed by atoms with van der Waals surface area (Å²) in [6.45, 7) is 0.308. The molecule has 0 aliphatic heterocycles. The molecule has 2 heterocycles. The lowest BCUT2D eigenvalue weighted by Crippen LogP contribution is -2.01. The van der Waals surface area contributed by atoms with E-state index in [-0.39, 0.29) is 5.82 Å². The third-order valence-electron chi connectivity index (χ3n) is 2.53. The number of aromatic nitrogens is 2. The summed E-state index contributed by atoms with van der Waals surface area (Å²) < 4.78 is 20.5. The molecule has 4 nitrogen and oxygen atoms in total. The smallest absolute Gasteiger partial charge is 0.243 e. The molecule has 0 bridgehead atoms. The Kier molecular flexibility index (Phi) is 2.73. The summed E-state index contributed by atoms with van der Waals surface area (Å²) in [5.74, 6) is 0.494. The van der Waals surface area contributed by atoms with Crippen molar-refractivity contribution in [1.82, 2.24) is 9.38 Å². The number of halogens is 1. The highest BCUT2D eigenvalue weighted by Gasteiger charge is 2.13. The minimum Gasteiger partial charge on any atom is -0.437 e. The van der Waals surface area contributed by atoms with Crippen molar-refractivity contribution < 1.29 is 9.13 Å². The fourth-order valence-electron chi connectivity index (χ4n) is 1.72. The highest BCUT2D eigenvalue weighted by atomic mass is 32.1. The summed E-state index contributed by atoms with van der Waals surface area (Å²) in [5.41, 5.74) is 6.47. The highest BCUT2D eigenvalue weighted by molar-refractivity contribution is 7.15. The minimum absolute atomic E-state index is 0.308. The fourth-order valence-corrected chi connectivity index (χ4v) is 2.45. The monoisotopic (exact) mass is 263 g/mol. The molecule has 0 saturated carbocycles. The largest absolute Gasteiger partial charge is 0.437 e. The molecule has 0 atom stereocenters. The van der Waals surface area contributed by atoms with E-state index in [1.807, 2.05) is 16.0 Å². The lowest BCUT2D eigenvalue weighted by molar-refractivity contribution is 0.455. The van der Waals surface area contributed by atoms with E-state index >= 15 is 0 Å². The van der Waals surface area contributed by atoms with Gasteiger partial charge in [-0.3, -0.25) is 4.40 Å². The van der Waals surface area contributed by atoms with E-state index in [0.717, 1.165) is 10.7 Å². The van der Waals surface area contributed by atoms with Crippen LogP contribution in [0.25, 0.3) is 4.96 Å². The molecule has 0 radical (unpaired) electrons. The predicted octanol–water partition coefficient (Wildman–Crippen LogP) is 2.79. The van der Waals surface area contributed by atoms with E-state index in [0.29, 0.717) is 18.2 Å². The van der Waals surface area contributed by atoms with Crippen LogP contribution in [0.2, 0.25) is 0 Å². The van der Waals surface area contributed by atoms with Crippen molar-refractivity contribution in [2.75, 3.05) is 0 Å². The Labute approximate surface area is 106 Å². The van der Waals surface area contributed by atoms with Crippen molar-refractivity contribution in [3.8, 4) is 11.6 Å². The van der Waals surface area contributed by atoms with Crippen LogP contribution in [0.1, 0.15) is 5.69 Å². The quantitative estimate of drug-likeness (QED) is 0.790. The van der Waals surface area contributed by atoms with E-state index in [4.69, 9.17) is 10.5 Å². The van der Waals surface area contributed by atoms with Gasteiger partial charge in [-0.15, -0.1) is 11.3 Å². The van der Waals surface area contributed by atoms with Gasteiger partial charge in [0.15, 0.2) is 4.96 Å². The van der Waals surface area contributed by atoms with Gasteiger partial charge in [-0.1, -0.05) is 6.07 Å². The van der Waals surface area contributed by atoms with Gasteiger partial charge in [0.25, 0.3) is 0 Å². The van der Waals surface area contributed by atoms with Crippen LogP contribution in [-0.4, -0.2) is 9.38 Å². The number of fused-ring (bicyclic) bond motifs is 1. The molecule has 2 N–H and O–H groups in total. The summed E-state index contributed by atoms with van der Waals surface area (Å²) in [7, 11) is 0. The maximum atomic E-state index is 13.1. The number of ether oxygens (including phenoxy) is 1. The first-order valence-corrected chi connectivity index (χ1v) is 6.24. The molecule has 0 amide bonds. The van der Waals surface area contributed by atoms with Crippen LogP contribution in [0.3, 0.4) is 0 Å². The number of imidazole rings is 1. The number of hydrogen-bond acceptors (Lipinski definition) is 4. The van der Waals surface area contributed by atoms with Crippen LogP contribution in [0.4, 0.5) is 4.39 Å². The van der Waals surface area contributed by atoms with Gasteiger partial charge in [-0.25, -0.2) is 4.39 Å². The van der Waals surface area contributed by atoms with E-state index in [9.17, 15) is 4.39 Å². The number of hydrogen-bond donors (Lipinski definition) is 1. The van der Waals surface area contributed by atoms with Crippen LogP contribution in [0.15, 0.2) is 35.8 Å². The molecule has 3 aromatic rings. The van der Waals surface area contributed by atoms with E-state index in [1.165, 1.54) is 23.5 Å². The topological polar surface area (TPSA) is 52.5 Å².